The van der Waals surface area contributed by atoms with Crippen LogP contribution in [0.25, 0.3) is 0 Å². The Balaban J connectivity index is 2.00. The summed E-state index contributed by atoms with van der Waals surface area (Å²) in [5, 5.41) is 12.8. The summed E-state index contributed by atoms with van der Waals surface area (Å²) >= 11 is 11.1. The van der Waals surface area contributed by atoms with Crippen LogP contribution >= 0.6 is 38.9 Å². The Morgan fingerprint density at radius 1 is 1.21 bits per heavy atom. The van der Waals surface area contributed by atoms with E-state index in [0.29, 0.717) is 35.3 Å². The highest BCUT2D eigenvalue weighted by Gasteiger charge is 2.21. The number of hydrogen-bond donors (Lipinski definition) is 1. The average Bonchev–Trinajstić information content (AvgIpc) is 2.84. The molecule has 0 fully saturated rings. The number of hydrogen-bond acceptors (Lipinski definition) is 4. The van der Waals surface area contributed by atoms with Gasteiger partial charge in [-0.25, -0.2) is 0 Å². The number of rotatable bonds is 2. The van der Waals surface area contributed by atoms with Crippen molar-refractivity contribution in [3.63, 3.8) is 0 Å². The van der Waals surface area contributed by atoms with Crippen LogP contribution in [0.15, 0.2) is 27.4 Å². The van der Waals surface area contributed by atoms with E-state index in [2.05, 4.69) is 15.9 Å². The number of fused-ring (bicyclic) bond motifs is 1. The third kappa shape index (κ3) is 2.60. The Bertz CT molecular complexity index is 614. The molecule has 2 aromatic rings. The number of thiophene rings is 1. The normalized spacial score (nSPS) is 15.3. The highest BCUT2D eigenvalue weighted by Crippen LogP contribution is 2.40. The Morgan fingerprint density at radius 2 is 1.89 bits per heavy atom. The second-order valence-corrected chi connectivity index (χ2v) is 6.80. The minimum Gasteiger partial charge on any atom is -0.486 e. The quantitative estimate of drug-likeness (QED) is 0.878. The molecule has 0 bridgehead atoms. The summed E-state index contributed by atoms with van der Waals surface area (Å²) in [4.78, 5) is 0. The van der Waals surface area contributed by atoms with Gasteiger partial charge in [0.2, 0.25) is 0 Å². The first kappa shape index (κ1) is 13.2. The van der Waals surface area contributed by atoms with Gasteiger partial charge in [0.15, 0.2) is 11.5 Å². The minimum absolute atomic E-state index is 0.471. The minimum atomic E-state index is -0.772. The molecule has 6 heteroatoms. The van der Waals surface area contributed by atoms with Crippen molar-refractivity contribution in [3.8, 4) is 11.5 Å². The molecule has 0 aliphatic carbocycles. The average molecular weight is 362 g/mol. The summed E-state index contributed by atoms with van der Waals surface area (Å²) in [7, 11) is 0. The molecule has 1 aliphatic rings. The topological polar surface area (TPSA) is 38.7 Å². The standard InChI is InChI=1S/C13H10BrClO3S/c14-12-3-7(6-19-12)13(16)8-4-10-11(5-9(8)15)18-2-1-17-10/h3-6,13,16H,1-2H2. The van der Waals surface area contributed by atoms with Crippen LogP contribution in [0, 0.1) is 0 Å². The molecule has 1 aliphatic heterocycles. The Morgan fingerprint density at radius 3 is 2.53 bits per heavy atom. The number of halogens is 2. The van der Waals surface area contributed by atoms with Crippen molar-refractivity contribution < 1.29 is 14.6 Å². The van der Waals surface area contributed by atoms with Gasteiger partial charge in [-0.05, 0) is 39.0 Å². The fourth-order valence-electron chi connectivity index (χ4n) is 1.94. The molecule has 0 radical (unpaired) electrons. The molecule has 0 saturated carbocycles. The highest BCUT2D eigenvalue weighted by atomic mass is 79.9. The molecule has 100 valence electrons. The SMILES string of the molecule is OC(c1csc(Br)c1)c1cc2c(cc1Cl)OCCO2. The molecule has 0 amide bonds. The van der Waals surface area contributed by atoms with Crippen LogP contribution in [0.4, 0.5) is 0 Å². The molecule has 1 N–H and O–H groups in total. The Kier molecular flexibility index (Phi) is 3.71. The van der Waals surface area contributed by atoms with E-state index in [9.17, 15) is 5.11 Å². The molecule has 1 unspecified atom stereocenters. The third-order valence-electron chi connectivity index (χ3n) is 2.86. The zero-order chi connectivity index (χ0) is 13.4. The zero-order valence-electron chi connectivity index (χ0n) is 9.73. The summed E-state index contributed by atoms with van der Waals surface area (Å²) in [6, 6.07) is 5.31. The fraction of sp³-hybridized carbons (Fsp3) is 0.231. The van der Waals surface area contributed by atoms with Crippen LogP contribution in [0.1, 0.15) is 17.2 Å². The van der Waals surface area contributed by atoms with Gasteiger partial charge in [0.1, 0.15) is 19.3 Å². The van der Waals surface area contributed by atoms with Crippen molar-refractivity contribution in [2.24, 2.45) is 0 Å². The van der Waals surface area contributed by atoms with Gasteiger partial charge >= 0.3 is 0 Å². The first-order chi connectivity index (χ1) is 9.15. The summed E-state index contributed by atoms with van der Waals surface area (Å²) in [5.41, 5.74) is 1.42. The zero-order valence-corrected chi connectivity index (χ0v) is 12.9. The molecule has 1 aromatic heterocycles. The van der Waals surface area contributed by atoms with Gasteiger partial charge in [0.05, 0.1) is 8.81 Å². The third-order valence-corrected chi connectivity index (χ3v) is 4.71. The van der Waals surface area contributed by atoms with E-state index in [-0.39, 0.29) is 0 Å². The number of ether oxygens (including phenoxy) is 2. The molecule has 1 atom stereocenters. The second-order valence-electron chi connectivity index (χ2n) is 4.10. The van der Waals surface area contributed by atoms with E-state index in [0.717, 1.165) is 9.35 Å². The van der Waals surface area contributed by atoms with E-state index >= 15 is 0 Å². The van der Waals surface area contributed by atoms with Crippen LogP contribution in [0.5, 0.6) is 11.5 Å². The van der Waals surface area contributed by atoms with Crippen molar-refractivity contribution in [1.29, 1.82) is 0 Å². The Labute approximate surface area is 127 Å². The summed E-state index contributed by atoms with van der Waals surface area (Å²) < 4.78 is 11.9. The number of aliphatic hydroxyl groups excluding tert-OH is 1. The fourth-order valence-corrected chi connectivity index (χ4v) is 3.39. The lowest BCUT2D eigenvalue weighted by molar-refractivity contribution is 0.169. The van der Waals surface area contributed by atoms with E-state index in [1.807, 2.05) is 11.4 Å². The maximum absolute atomic E-state index is 10.4. The molecule has 2 heterocycles. The van der Waals surface area contributed by atoms with Gasteiger partial charge in [-0.3, -0.25) is 0 Å². The van der Waals surface area contributed by atoms with E-state index in [4.69, 9.17) is 21.1 Å². The second kappa shape index (κ2) is 5.32. The van der Waals surface area contributed by atoms with E-state index in [1.165, 1.54) is 11.3 Å². The van der Waals surface area contributed by atoms with Gasteiger partial charge in [0.25, 0.3) is 0 Å². The van der Waals surface area contributed by atoms with Crippen molar-refractivity contribution >= 4 is 38.9 Å². The summed E-state index contributed by atoms with van der Waals surface area (Å²) in [6.07, 6.45) is -0.772. The van der Waals surface area contributed by atoms with Crippen LogP contribution in [0.3, 0.4) is 0 Å². The maximum atomic E-state index is 10.4. The summed E-state index contributed by atoms with van der Waals surface area (Å²) in [5.74, 6) is 1.25. The van der Waals surface area contributed by atoms with Crippen LogP contribution < -0.4 is 9.47 Å². The predicted octanol–water partition coefficient (Wildman–Crippen LogP) is 4.02. The van der Waals surface area contributed by atoms with Crippen LogP contribution in [-0.4, -0.2) is 18.3 Å². The molecule has 1 aromatic carbocycles. The molecular weight excluding hydrogens is 352 g/mol. The van der Waals surface area contributed by atoms with Gasteiger partial charge < -0.3 is 14.6 Å². The van der Waals surface area contributed by atoms with Crippen molar-refractivity contribution in [1.82, 2.24) is 0 Å². The maximum Gasteiger partial charge on any atom is 0.162 e. The molecule has 3 rings (SSSR count). The smallest absolute Gasteiger partial charge is 0.162 e. The molecule has 19 heavy (non-hydrogen) atoms. The number of benzene rings is 1. The van der Waals surface area contributed by atoms with E-state index < -0.39 is 6.10 Å². The largest absolute Gasteiger partial charge is 0.486 e. The van der Waals surface area contributed by atoms with Crippen molar-refractivity contribution in [2.75, 3.05) is 13.2 Å². The highest BCUT2D eigenvalue weighted by molar-refractivity contribution is 9.11. The number of aliphatic hydroxyl groups is 1. The first-order valence-corrected chi connectivity index (χ1v) is 7.71. The lowest BCUT2D eigenvalue weighted by atomic mass is 10.0. The van der Waals surface area contributed by atoms with Gasteiger partial charge in [-0.15, -0.1) is 11.3 Å². The summed E-state index contributed by atoms with van der Waals surface area (Å²) in [6.45, 7) is 1.02. The van der Waals surface area contributed by atoms with Crippen LogP contribution in [-0.2, 0) is 0 Å². The predicted molar refractivity (Wildman–Crippen MR) is 78.5 cm³/mol. The first-order valence-electron chi connectivity index (χ1n) is 5.66. The van der Waals surface area contributed by atoms with Gasteiger partial charge in [0, 0.05) is 11.6 Å². The van der Waals surface area contributed by atoms with Crippen LogP contribution in [0.2, 0.25) is 5.02 Å². The molecule has 0 spiro atoms. The Hall–Kier alpha value is -0.750. The molecule has 3 nitrogen and oxygen atoms in total. The molecular formula is C13H10BrClO3S. The van der Waals surface area contributed by atoms with Gasteiger partial charge in [-0.1, -0.05) is 11.6 Å². The van der Waals surface area contributed by atoms with Crippen molar-refractivity contribution in [3.05, 3.63) is 43.5 Å². The van der Waals surface area contributed by atoms with Crippen molar-refractivity contribution in [2.45, 2.75) is 6.10 Å². The molecule has 0 saturated heterocycles. The monoisotopic (exact) mass is 360 g/mol. The van der Waals surface area contributed by atoms with Gasteiger partial charge in [-0.2, -0.15) is 0 Å². The van der Waals surface area contributed by atoms with E-state index in [1.54, 1.807) is 12.1 Å². The lowest BCUT2D eigenvalue weighted by Gasteiger charge is -2.21. The lowest BCUT2D eigenvalue weighted by Crippen LogP contribution is -2.16.